The molecule has 2 heterocycles. The molecule has 3 amide bonds. The monoisotopic (exact) mass is 329 g/mol. The number of hydrogen-bond acceptors (Lipinski definition) is 3. The molecule has 3 N–H and O–H groups in total. The van der Waals surface area contributed by atoms with Crippen molar-refractivity contribution in [1.29, 1.82) is 0 Å². The van der Waals surface area contributed by atoms with Crippen LogP contribution >= 0.6 is 0 Å². The van der Waals surface area contributed by atoms with Crippen molar-refractivity contribution in [2.45, 2.75) is 31.5 Å². The molecule has 1 aromatic rings. The molecular weight excluding hydrogens is 306 g/mol. The number of nitrogens with zero attached hydrogens (tertiary/aromatic N) is 1. The summed E-state index contributed by atoms with van der Waals surface area (Å²) in [6.07, 6.45) is 3.75. The van der Waals surface area contributed by atoms with E-state index in [1.807, 2.05) is 23.1 Å². The van der Waals surface area contributed by atoms with Crippen LogP contribution in [0.5, 0.6) is 0 Å². The molecule has 0 spiro atoms. The van der Waals surface area contributed by atoms with Crippen molar-refractivity contribution in [2.75, 3.05) is 19.6 Å². The normalized spacial score (nSPS) is 23.7. The molecule has 0 radical (unpaired) electrons. The average molecular weight is 329 g/mol. The van der Waals surface area contributed by atoms with Crippen molar-refractivity contribution in [1.82, 2.24) is 10.2 Å². The molecule has 2 atom stereocenters. The maximum absolute atomic E-state index is 12.4. The summed E-state index contributed by atoms with van der Waals surface area (Å²) < 4.78 is 5.53. The highest BCUT2D eigenvalue weighted by molar-refractivity contribution is 5.79. The molecule has 1 aromatic carbocycles. The summed E-state index contributed by atoms with van der Waals surface area (Å²) in [4.78, 5) is 25.3. The van der Waals surface area contributed by atoms with Crippen LogP contribution < -0.4 is 11.1 Å². The molecular formula is C18H23N3O3. The Balaban J connectivity index is 1.49. The topological polar surface area (TPSA) is 84.7 Å². The number of benzene rings is 1. The Hall–Kier alpha value is -2.34. The van der Waals surface area contributed by atoms with E-state index in [4.69, 9.17) is 10.5 Å². The van der Waals surface area contributed by atoms with Crippen molar-refractivity contribution in [3.63, 3.8) is 0 Å². The van der Waals surface area contributed by atoms with E-state index in [0.717, 1.165) is 18.4 Å². The third-order valence-corrected chi connectivity index (χ3v) is 4.49. The van der Waals surface area contributed by atoms with E-state index in [-0.39, 0.29) is 12.1 Å². The molecule has 24 heavy (non-hydrogen) atoms. The Labute approximate surface area is 141 Å². The number of primary amides is 1. The van der Waals surface area contributed by atoms with Crippen molar-refractivity contribution >= 4 is 17.5 Å². The van der Waals surface area contributed by atoms with Gasteiger partial charge in [-0.25, -0.2) is 4.79 Å². The lowest BCUT2D eigenvalue weighted by atomic mass is 10.0. The first-order valence-electron chi connectivity index (χ1n) is 8.35. The van der Waals surface area contributed by atoms with Crippen LogP contribution in [0.4, 0.5) is 4.79 Å². The summed E-state index contributed by atoms with van der Waals surface area (Å²) in [7, 11) is 0. The van der Waals surface area contributed by atoms with Crippen molar-refractivity contribution in [3.8, 4) is 0 Å². The van der Waals surface area contributed by atoms with Gasteiger partial charge in [-0.1, -0.05) is 36.4 Å². The minimum atomic E-state index is -0.519. The lowest BCUT2D eigenvalue weighted by molar-refractivity contribution is -0.128. The Kier molecular flexibility index (Phi) is 5.15. The van der Waals surface area contributed by atoms with Crippen LogP contribution in [-0.4, -0.2) is 48.7 Å². The first-order valence-corrected chi connectivity index (χ1v) is 8.35. The van der Waals surface area contributed by atoms with Crippen LogP contribution in [0.25, 0.3) is 5.57 Å². The van der Waals surface area contributed by atoms with E-state index < -0.39 is 12.0 Å². The van der Waals surface area contributed by atoms with Gasteiger partial charge in [-0.3, -0.25) is 4.79 Å². The summed E-state index contributed by atoms with van der Waals surface area (Å²) in [6, 6.07) is 10.0. The number of nitrogens with two attached hydrogens (primary N) is 1. The molecule has 0 aliphatic carbocycles. The maximum Gasteiger partial charge on any atom is 0.317 e. The van der Waals surface area contributed by atoms with Crippen LogP contribution in [0, 0.1) is 0 Å². The molecule has 0 unspecified atom stereocenters. The fourth-order valence-electron chi connectivity index (χ4n) is 3.16. The van der Waals surface area contributed by atoms with Crippen LogP contribution in [0.3, 0.4) is 0 Å². The highest BCUT2D eigenvalue weighted by Crippen LogP contribution is 2.21. The fraction of sp³-hybridized carbons (Fsp3) is 0.444. The number of nitrogens with one attached hydrogen (secondary N) is 1. The predicted molar refractivity (Wildman–Crippen MR) is 91.1 cm³/mol. The Morgan fingerprint density at radius 3 is 2.75 bits per heavy atom. The van der Waals surface area contributed by atoms with Gasteiger partial charge in [0.2, 0.25) is 5.91 Å². The van der Waals surface area contributed by atoms with Gasteiger partial charge in [-0.2, -0.15) is 0 Å². The lowest BCUT2D eigenvalue weighted by Crippen LogP contribution is -2.45. The molecule has 1 fully saturated rings. The van der Waals surface area contributed by atoms with Gasteiger partial charge in [0.1, 0.15) is 6.10 Å². The smallest absolute Gasteiger partial charge is 0.317 e. The second kappa shape index (κ2) is 7.49. The minimum absolute atomic E-state index is 0.0948. The molecule has 0 saturated carbocycles. The maximum atomic E-state index is 12.4. The minimum Gasteiger partial charge on any atom is -0.367 e. The molecule has 3 rings (SSSR count). The average Bonchev–Trinajstić information content (AvgIpc) is 3.10. The number of urea groups is 1. The number of amides is 3. The third-order valence-electron chi connectivity index (χ3n) is 4.49. The SMILES string of the molecule is NC(=O)[C@@H]1CC[C@@H](CNC(=O)N2CCC=C(c3ccccc3)C2)O1. The summed E-state index contributed by atoms with van der Waals surface area (Å²) in [5, 5.41) is 2.91. The number of rotatable bonds is 4. The number of hydrogen-bond donors (Lipinski definition) is 2. The second-order valence-electron chi connectivity index (χ2n) is 6.22. The van der Waals surface area contributed by atoms with E-state index >= 15 is 0 Å². The third kappa shape index (κ3) is 3.94. The summed E-state index contributed by atoms with van der Waals surface area (Å²) in [5.41, 5.74) is 7.56. The Bertz CT molecular complexity index is 630. The summed E-state index contributed by atoms with van der Waals surface area (Å²) in [5.74, 6) is -0.433. The van der Waals surface area contributed by atoms with Crippen LogP contribution in [0.1, 0.15) is 24.8 Å². The molecule has 6 nitrogen and oxygen atoms in total. The van der Waals surface area contributed by atoms with Gasteiger partial charge in [0.15, 0.2) is 0 Å². The number of carbonyl (C=O) groups is 2. The lowest BCUT2D eigenvalue weighted by Gasteiger charge is -2.28. The molecule has 0 aromatic heterocycles. The van der Waals surface area contributed by atoms with Gasteiger partial charge in [0.25, 0.3) is 0 Å². The molecule has 2 aliphatic heterocycles. The van der Waals surface area contributed by atoms with Crippen molar-refractivity contribution < 1.29 is 14.3 Å². The second-order valence-corrected chi connectivity index (χ2v) is 6.22. The fourth-order valence-corrected chi connectivity index (χ4v) is 3.16. The van der Waals surface area contributed by atoms with E-state index in [1.165, 1.54) is 5.57 Å². The van der Waals surface area contributed by atoms with E-state index in [0.29, 0.717) is 26.1 Å². The Morgan fingerprint density at radius 2 is 2.04 bits per heavy atom. The summed E-state index contributed by atoms with van der Waals surface area (Å²) in [6.45, 7) is 1.71. The van der Waals surface area contributed by atoms with Gasteiger partial charge in [-0.05, 0) is 30.4 Å². The molecule has 128 valence electrons. The standard InChI is InChI=1S/C18H23N3O3/c19-17(22)16-9-8-15(24-16)11-20-18(23)21-10-4-7-14(12-21)13-5-2-1-3-6-13/h1-3,5-7,15-16H,4,8-12H2,(H2,19,22)(H,20,23)/t15-,16-/m0/s1. The van der Waals surface area contributed by atoms with Crippen LogP contribution in [0.15, 0.2) is 36.4 Å². The zero-order valence-corrected chi connectivity index (χ0v) is 13.6. The molecule has 0 bridgehead atoms. The van der Waals surface area contributed by atoms with Gasteiger partial charge in [0, 0.05) is 19.6 Å². The predicted octanol–water partition coefficient (Wildman–Crippen LogP) is 1.52. The highest BCUT2D eigenvalue weighted by Gasteiger charge is 2.29. The quantitative estimate of drug-likeness (QED) is 0.878. The number of ether oxygens (including phenoxy) is 1. The Morgan fingerprint density at radius 1 is 1.25 bits per heavy atom. The van der Waals surface area contributed by atoms with E-state index in [1.54, 1.807) is 0 Å². The van der Waals surface area contributed by atoms with Crippen LogP contribution in [-0.2, 0) is 9.53 Å². The van der Waals surface area contributed by atoms with Gasteiger partial charge in [-0.15, -0.1) is 0 Å². The van der Waals surface area contributed by atoms with Crippen molar-refractivity contribution in [2.24, 2.45) is 5.73 Å². The molecule has 6 heteroatoms. The largest absolute Gasteiger partial charge is 0.367 e. The molecule has 1 saturated heterocycles. The van der Waals surface area contributed by atoms with Gasteiger partial charge in [0.05, 0.1) is 6.10 Å². The van der Waals surface area contributed by atoms with Gasteiger partial charge >= 0.3 is 6.03 Å². The first kappa shape index (κ1) is 16.5. The van der Waals surface area contributed by atoms with E-state index in [9.17, 15) is 9.59 Å². The summed E-state index contributed by atoms with van der Waals surface area (Å²) >= 11 is 0. The van der Waals surface area contributed by atoms with Gasteiger partial charge < -0.3 is 20.7 Å². The number of carbonyl (C=O) groups excluding carboxylic acids is 2. The van der Waals surface area contributed by atoms with Crippen molar-refractivity contribution in [3.05, 3.63) is 42.0 Å². The highest BCUT2D eigenvalue weighted by atomic mass is 16.5. The van der Waals surface area contributed by atoms with E-state index in [2.05, 4.69) is 23.5 Å². The zero-order valence-electron chi connectivity index (χ0n) is 13.6. The zero-order chi connectivity index (χ0) is 16.9. The first-order chi connectivity index (χ1) is 11.6. The van der Waals surface area contributed by atoms with Crippen LogP contribution in [0.2, 0.25) is 0 Å². The molecule has 2 aliphatic rings.